The van der Waals surface area contributed by atoms with Crippen LogP contribution >= 0.6 is 0 Å². The number of amides is 1. The van der Waals surface area contributed by atoms with Gasteiger partial charge in [0.05, 0.1) is 5.69 Å². The maximum atomic E-state index is 12.3. The molecule has 0 radical (unpaired) electrons. The third-order valence-corrected chi connectivity index (χ3v) is 4.79. The summed E-state index contributed by atoms with van der Waals surface area (Å²) in [4.78, 5) is 25.5. The van der Waals surface area contributed by atoms with E-state index in [1.165, 1.54) is 0 Å². The lowest BCUT2D eigenvalue weighted by Gasteiger charge is -2.20. The third-order valence-electron chi connectivity index (χ3n) is 4.79. The SMILES string of the molecule is Cc1cc(C(C)(C)/C=C/C(=O)NCc2ccc3c(c2)OCO3)nc(-n2ccnc2)n1. The summed E-state index contributed by atoms with van der Waals surface area (Å²) in [6.07, 6.45) is 8.53. The second-order valence-corrected chi connectivity index (χ2v) is 7.62. The van der Waals surface area contributed by atoms with Gasteiger partial charge in [0.2, 0.25) is 18.6 Å². The fraction of sp³-hybridized carbons (Fsp3) is 0.273. The van der Waals surface area contributed by atoms with Crippen molar-refractivity contribution in [3.05, 3.63) is 72.1 Å². The normalized spacial score (nSPS) is 13.0. The molecule has 30 heavy (non-hydrogen) atoms. The lowest BCUT2D eigenvalue weighted by molar-refractivity contribution is -0.116. The van der Waals surface area contributed by atoms with Crippen molar-refractivity contribution in [3.63, 3.8) is 0 Å². The molecule has 3 heterocycles. The van der Waals surface area contributed by atoms with Crippen molar-refractivity contribution < 1.29 is 14.3 Å². The van der Waals surface area contributed by atoms with Gasteiger partial charge in [-0.05, 0) is 36.8 Å². The Bertz CT molecular complexity index is 1090. The molecule has 0 spiro atoms. The third kappa shape index (κ3) is 4.32. The van der Waals surface area contributed by atoms with E-state index in [1.807, 2.05) is 51.1 Å². The molecule has 8 nitrogen and oxygen atoms in total. The second-order valence-electron chi connectivity index (χ2n) is 7.62. The highest BCUT2D eigenvalue weighted by atomic mass is 16.7. The number of carbonyl (C=O) groups excluding carboxylic acids is 1. The summed E-state index contributed by atoms with van der Waals surface area (Å²) in [5.41, 5.74) is 2.15. The van der Waals surface area contributed by atoms with E-state index in [0.29, 0.717) is 18.2 Å². The fourth-order valence-corrected chi connectivity index (χ4v) is 3.04. The van der Waals surface area contributed by atoms with E-state index in [1.54, 1.807) is 29.4 Å². The number of ether oxygens (including phenoxy) is 2. The highest BCUT2D eigenvalue weighted by molar-refractivity contribution is 5.87. The number of aromatic nitrogens is 4. The van der Waals surface area contributed by atoms with Gasteiger partial charge in [0.1, 0.15) is 6.33 Å². The zero-order chi connectivity index (χ0) is 21.1. The second kappa shape index (κ2) is 7.98. The standard InChI is InChI=1S/C22H23N5O3/c1-15-10-19(26-21(25-15)27-9-8-23-13-27)22(2,3)7-6-20(28)24-12-16-4-5-17-18(11-16)30-14-29-17/h4-11,13H,12,14H2,1-3H3,(H,24,28)/b7-6+. The molecule has 0 bridgehead atoms. The molecule has 1 amide bonds. The van der Waals surface area contributed by atoms with E-state index >= 15 is 0 Å². The Morgan fingerprint density at radius 1 is 1.23 bits per heavy atom. The van der Waals surface area contributed by atoms with Crippen LogP contribution in [0.4, 0.5) is 0 Å². The minimum Gasteiger partial charge on any atom is -0.454 e. The molecule has 3 aromatic rings. The van der Waals surface area contributed by atoms with Crippen LogP contribution in [0.2, 0.25) is 0 Å². The number of nitrogens with zero attached hydrogens (tertiary/aromatic N) is 4. The van der Waals surface area contributed by atoms with E-state index in [4.69, 9.17) is 9.47 Å². The summed E-state index contributed by atoms with van der Waals surface area (Å²) in [7, 11) is 0. The number of hydrogen-bond donors (Lipinski definition) is 1. The van der Waals surface area contributed by atoms with Crippen molar-refractivity contribution in [3.8, 4) is 17.4 Å². The smallest absolute Gasteiger partial charge is 0.243 e. The number of nitrogens with one attached hydrogen (secondary N) is 1. The van der Waals surface area contributed by atoms with Gasteiger partial charge in [0.15, 0.2) is 11.5 Å². The Hall–Kier alpha value is -3.68. The van der Waals surface area contributed by atoms with Crippen LogP contribution in [0.1, 0.15) is 30.8 Å². The summed E-state index contributed by atoms with van der Waals surface area (Å²) in [6.45, 7) is 6.57. The number of hydrogen-bond acceptors (Lipinski definition) is 6. The first-order chi connectivity index (χ1) is 14.4. The minimum atomic E-state index is -0.459. The van der Waals surface area contributed by atoms with E-state index in [2.05, 4.69) is 20.3 Å². The number of aryl methyl sites for hydroxylation is 1. The van der Waals surface area contributed by atoms with Crippen molar-refractivity contribution in [1.29, 1.82) is 0 Å². The van der Waals surface area contributed by atoms with Gasteiger partial charge in [-0.3, -0.25) is 9.36 Å². The van der Waals surface area contributed by atoms with Crippen molar-refractivity contribution in [2.24, 2.45) is 0 Å². The maximum Gasteiger partial charge on any atom is 0.243 e. The minimum absolute atomic E-state index is 0.179. The number of fused-ring (bicyclic) bond motifs is 1. The number of carbonyl (C=O) groups is 1. The van der Waals surface area contributed by atoms with Crippen LogP contribution in [0.3, 0.4) is 0 Å². The Morgan fingerprint density at radius 2 is 2.07 bits per heavy atom. The monoisotopic (exact) mass is 405 g/mol. The Kier molecular flexibility index (Phi) is 5.22. The zero-order valence-corrected chi connectivity index (χ0v) is 17.1. The average molecular weight is 405 g/mol. The molecule has 1 aromatic carbocycles. The summed E-state index contributed by atoms with van der Waals surface area (Å²) in [6, 6.07) is 7.55. The van der Waals surface area contributed by atoms with Crippen molar-refractivity contribution >= 4 is 5.91 Å². The van der Waals surface area contributed by atoms with Gasteiger partial charge in [-0.1, -0.05) is 26.0 Å². The zero-order valence-electron chi connectivity index (χ0n) is 17.1. The molecule has 0 aliphatic carbocycles. The summed E-state index contributed by atoms with van der Waals surface area (Å²) >= 11 is 0. The molecule has 1 aliphatic rings. The maximum absolute atomic E-state index is 12.3. The lowest BCUT2D eigenvalue weighted by Crippen LogP contribution is -2.23. The van der Waals surface area contributed by atoms with Crippen LogP contribution < -0.4 is 14.8 Å². The quantitative estimate of drug-likeness (QED) is 0.634. The number of rotatable bonds is 6. The van der Waals surface area contributed by atoms with Gasteiger partial charge in [0, 0.05) is 30.0 Å². The summed E-state index contributed by atoms with van der Waals surface area (Å²) < 4.78 is 12.4. The van der Waals surface area contributed by atoms with E-state index in [9.17, 15) is 4.79 Å². The van der Waals surface area contributed by atoms with Gasteiger partial charge in [-0.15, -0.1) is 0 Å². The molecule has 4 rings (SSSR count). The molecule has 0 saturated heterocycles. The van der Waals surface area contributed by atoms with Gasteiger partial charge < -0.3 is 14.8 Å². The first-order valence-electron chi connectivity index (χ1n) is 9.61. The highest BCUT2D eigenvalue weighted by Crippen LogP contribution is 2.32. The van der Waals surface area contributed by atoms with Gasteiger partial charge >= 0.3 is 0 Å². The van der Waals surface area contributed by atoms with E-state index < -0.39 is 5.41 Å². The molecule has 0 atom stereocenters. The first-order valence-corrected chi connectivity index (χ1v) is 9.61. The van der Waals surface area contributed by atoms with Crippen LogP contribution in [0, 0.1) is 6.92 Å². The Labute approximate surface area is 174 Å². The fourth-order valence-electron chi connectivity index (χ4n) is 3.04. The van der Waals surface area contributed by atoms with Crippen LogP contribution in [0.25, 0.3) is 5.95 Å². The lowest BCUT2D eigenvalue weighted by atomic mass is 9.88. The Balaban J connectivity index is 1.43. The molecule has 1 aliphatic heterocycles. The molecule has 8 heteroatoms. The first kappa shape index (κ1) is 19.6. The number of imidazole rings is 1. The molecular weight excluding hydrogens is 382 g/mol. The highest BCUT2D eigenvalue weighted by Gasteiger charge is 2.21. The molecule has 1 N–H and O–H groups in total. The predicted octanol–water partition coefficient (Wildman–Crippen LogP) is 2.85. The van der Waals surface area contributed by atoms with Gasteiger partial charge in [-0.2, -0.15) is 0 Å². The van der Waals surface area contributed by atoms with E-state index in [-0.39, 0.29) is 12.7 Å². The number of allylic oxidation sites excluding steroid dienone is 1. The average Bonchev–Trinajstić information content (AvgIpc) is 3.41. The van der Waals surface area contributed by atoms with Crippen LogP contribution in [0.15, 0.2) is 55.1 Å². The molecule has 0 saturated carbocycles. The van der Waals surface area contributed by atoms with Crippen molar-refractivity contribution in [2.45, 2.75) is 32.7 Å². The molecule has 2 aromatic heterocycles. The van der Waals surface area contributed by atoms with Crippen LogP contribution in [-0.2, 0) is 16.8 Å². The predicted molar refractivity (Wildman–Crippen MR) is 110 cm³/mol. The van der Waals surface area contributed by atoms with Gasteiger partial charge in [0.25, 0.3) is 0 Å². The van der Waals surface area contributed by atoms with Crippen LogP contribution in [-0.4, -0.2) is 32.2 Å². The molecular formula is C22H23N5O3. The molecule has 0 fully saturated rings. The summed E-state index contributed by atoms with van der Waals surface area (Å²) in [5.74, 6) is 1.80. The number of benzene rings is 1. The van der Waals surface area contributed by atoms with Gasteiger partial charge in [-0.25, -0.2) is 15.0 Å². The molecule has 0 unspecified atom stereocenters. The largest absolute Gasteiger partial charge is 0.454 e. The van der Waals surface area contributed by atoms with Crippen LogP contribution in [0.5, 0.6) is 11.5 Å². The summed E-state index contributed by atoms with van der Waals surface area (Å²) in [5, 5.41) is 2.89. The van der Waals surface area contributed by atoms with Crippen molar-refractivity contribution in [1.82, 2.24) is 24.8 Å². The van der Waals surface area contributed by atoms with Crippen molar-refractivity contribution in [2.75, 3.05) is 6.79 Å². The molecule has 154 valence electrons. The van der Waals surface area contributed by atoms with E-state index in [0.717, 1.165) is 22.7 Å². The topological polar surface area (TPSA) is 91.2 Å². The Morgan fingerprint density at radius 3 is 2.87 bits per heavy atom.